The lowest BCUT2D eigenvalue weighted by Gasteiger charge is -2.15. The Morgan fingerprint density at radius 1 is 1.24 bits per heavy atom. The van der Waals surface area contributed by atoms with Crippen LogP contribution in [-0.4, -0.2) is 15.7 Å². The molecule has 0 bridgehead atoms. The minimum Gasteiger partial charge on any atom is -0.307 e. The summed E-state index contributed by atoms with van der Waals surface area (Å²) in [5, 5.41) is 7.40. The van der Waals surface area contributed by atoms with E-state index < -0.39 is 0 Å². The molecule has 0 spiro atoms. The van der Waals surface area contributed by atoms with E-state index >= 15 is 0 Å². The van der Waals surface area contributed by atoms with E-state index in [1.807, 2.05) is 42.8 Å². The Hall–Kier alpha value is -2.10. The third-order valence-electron chi connectivity index (χ3n) is 4.43. The highest BCUT2D eigenvalue weighted by Gasteiger charge is 2.21. The summed E-state index contributed by atoms with van der Waals surface area (Å²) >= 11 is 0. The van der Waals surface area contributed by atoms with Crippen molar-refractivity contribution < 1.29 is 4.79 Å². The molecule has 110 valence electrons. The molecule has 0 saturated heterocycles. The molecule has 1 fully saturated rings. The van der Waals surface area contributed by atoms with Gasteiger partial charge in [-0.05, 0) is 43.9 Å². The summed E-state index contributed by atoms with van der Waals surface area (Å²) < 4.78 is 1.97. The highest BCUT2D eigenvalue weighted by atomic mass is 16.1. The SMILES string of the molecule is Cc1cccc(C(=O)Nc2ccnn2C2CCCC2)c1C. The van der Waals surface area contributed by atoms with Gasteiger partial charge in [0.15, 0.2) is 0 Å². The monoisotopic (exact) mass is 283 g/mol. The van der Waals surface area contributed by atoms with Crippen LogP contribution in [0.5, 0.6) is 0 Å². The maximum absolute atomic E-state index is 12.5. The fraction of sp³-hybridized carbons (Fsp3) is 0.412. The predicted octanol–water partition coefficient (Wildman–Crippen LogP) is 3.87. The van der Waals surface area contributed by atoms with Crippen LogP contribution >= 0.6 is 0 Å². The van der Waals surface area contributed by atoms with Gasteiger partial charge < -0.3 is 5.32 Å². The van der Waals surface area contributed by atoms with Crippen molar-refractivity contribution in [3.05, 3.63) is 47.2 Å². The van der Waals surface area contributed by atoms with Crippen LogP contribution in [0.15, 0.2) is 30.5 Å². The van der Waals surface area contributed by atoms with Gasteiger partial charge in [0.25, 0.3) is 5.91 Å². The minimum absolute atomic E-state index is 0.0593. The highest BCUT2D eigenvalue weighted by molar-refractivity contribution is 6.05. The van der Waals surface area contributed by atoms with E-state index in [0.29, 0.717) is 6.04 Å². The molecule has 0 aliphatic heterocycles. The molecule has 2 aromatic rings. The van der Waals surface area contributed by atoms with Crippen molar-refractivity contribution in [1.29, 1.82) is 0 Å². The number of hydrogen-bond donors (Lipinski definition) is 1. The second-order valence-electron chi connectivity index (χ2n) is 5.80. The number of aromatic nitrogens is 2. The molecule has 0 atom stereocenters. The van der Waals surface area contributed by atoms with Crippen LogP contribution < -0.4 is 5.32 Å². The molecule has 0 radical (unpaired) electrons. The van der Waals surface area contributed by atoms with Gasteiger partial charge in [0.1, 0.15) is 5.82 Å². The van der Waals surface area contributed by atoms with E-state index in [2.05, 4.69) is 10.4 Å². The molecule has 4 nitrogen and oxygen atoms in total. The first-order valence-electron chi connectivity index (χ1n) is 7.58. The van der Waals surface area contributed by atoms with Crippen LogP contribution in [-0.2, 0) is 0 Å². The molecule has 1 aliphatic carbocycles. The van der Waals surface area contributed by atoms with Crippen LogP contribution in [0.4, 0.5) is 5.82 Å². The molecular formula is C17H21N3O. The second-order valence-corrected chi connectivity index (χ2v) is 5.80. The Labute approximate surface area is 125 Å². The topological polar surface area (TPSA) is 46.9 Å². The Balaban J connectivity index is 1.82. The lowest BCUT2D eigenvalue weighted by atomic mass is 10.0. The first-order valence-corrected chi connectivity index (χ1v) is 7.58. The molecule has 4 heteroatoms. The molecule has 3 rings (SSSR count). The van der Waals surface area contributed by atoms with Crippen LogP contribution in [0, 0.1) is 13.8 Å². The smallest absolute Gasteiger partial charge is 0.257 e. The number of amides is 1. The standard InChI is InChI=1S/C17H21N3O/c1-12-6-5-9-15(13(12)2)17(21)19-16-10-11-18-20(16)14-7-3-4-8-14/h5-6,9-11,14H,3-4,7-8H2,1-2H3,(H,19,21). The number of rotatable bonds is 3. The van der Waals surface area contributed by atoms with E-state index in [4.69, 9.17) is 0 Å². The quantitative estimate of drug-likeness (QED) is 0.929. The number of aryl methyl sites for hydroxylation is 1. The summed E-state index contributed by atoms with van der Waals surface area (Å²) in [6, 6.07) is 8.12. The van der Waals surface area contributed by atoms with Gasteiger partial charge in [-0.15, -0.1) is 0 Å². The fourth-order valence-corrected chi connectivity index (χ4v) is 3.03. The second kappa shape index (κ2) is 5.72. The van der Waals surface area contributed by atoms with Gasteiger partial charge in [0, 0.05) is 11.6 Å². The maximum atomic E-state index is 12.5. The Bertz CT molecular complexity index is 654. The van der Waals surface area contributed by atoms with Crippen molar-refractivity contribution in [1.82, 2.24) is 9.78 Å². The summed E-state index contributed by atoms with van der Waals surface area (Å²) in [5.41, 5.74) is 2.89. The number of nitrogens with zero attached hydrogens (tertiary/aromatic N) is 2. The average Bonchev–Trinajstić information content (AvgIpc) is 3.12. The lowest BCUT2D eigenvalue weighted by Crippen LogP contribution is -2.18. The third-order valence-corrected chi connectivity index (χ3v) is 4.43. The van der Waals surface area contributed by atoms with Gasteiger partial charge in [-0.3, -0.25) is 4.79 Å². The zero-order valence-electron chi connectivity index (χ0n) is 12.6. The highest BCUT2D eigenvalue weighted by Crippen LogP contribution is 2.31. The molecule has 1 N–H and O–H groups in total. The van der Waals surface area contributed by atoms with Crippen LogP contribution in [0.3, 0.4) is 0 Å². The van der Waals surface area contributed by atoms with E-state index in [-0.39, 0.29) is 5.91 Å². The molecule has 1 heterocycles. The van der Waals surface area contributed by atoms with Gasteiger partial charge in [-0.2, -0.15) is 5.10 Å². The number of hydrogen-bond acceptors (Lipinski definition) is 2. The first-order chi connectivity index (χ1) is 10.2. The lowest BCUT2D eigenvalue weighted by molar-refractivity contribution is 0.102. The number of nitrogens with one attached hydrogen (secondary N) is 1. The van der Waals surface area contributed by atoms with Gasteiger partial charge in [0.2, 0.25) is 0 Å². The summed E-state index contributed by atoms with van der Waals surface area (Å²) in [5.74, 6) is 0.740. The van der Waals surface area contributed by atoms with Crippen molar-refractivity contribution in [3.8, 4) is 0 Å². The normalized spacial score (nSPS) is 15.3. The van der Waals surface area contributed by atoms with Gasteiger partial charge in [-0.1, -0.05) is 25.0 Å². The molecule has 1 aliphatic rings. The predicted molar refractivity (Wildman–Crippen MR) is 83.6 cm³/mol. The van der Waals surface area contributed by atoms with Crippen LogP contribution in [0.1, 0.15) is 53.2 Å². The Morgan fingerprint density at radius 3 is 2.76 bits per heavy atom. The minimum atomic E-state index is -0.0593. The summed E-state index contributed by atoms with van der Waals surface area (Å²) in [7, 11) is 0. The molecule has 1 amide bonds. The van der Waals surface area contributed by atoms with E-state index in [0.717, 1.165) is 35.3 Å². The molecule has 1 aromatic carbocycles. The summed E-state index contributed by atoms with van der Waals surface area (Å²) in [6.07, 6.45) is 6.54. The van der Waals surface area contributed by atoms with Crippen molar-refractivity contribution in [2.24, 2.45) is 0 Å². The molecule has 0 unspecified atom stereocenters. The van der Waals surface area contributed by atoms with Gasteiger partial charge >= 0.3 is 0 Å². The largest absolute Gasteiger partial charge is 0.307 e. The summed E-state index contributed by atoms with van der Waals surface area (Å²) in [6.45, 7) is 4.01. The molecule has 1 saturated carbocycles. The number of carbonyl (C=O) groups is 1. The zero-order valence-corrected chi connectivity index (χ0v) is 12.6. The van der Waals surface area contributed by atoms with E-state index in [1.165, 1.54) is 12.8 Å². The maximum Gasteiger partial charge on any atom is 0.257 e. The van der Waals surface area contributed by atoms with E-state index in [9.17, 15) is 4.79 Å². The van der Waals surface area contributed by atoms with Gasteiger partial charge in [0.05, 0.1) is 12.2 Å². The van der Waals surface area contributed by atoms with Crippen molar-refractivity contribution in [2.75, 3.05) is 5.32 Å². The van der Waals surface area contributed by atoms with Crippen LogP contribution in [0.25, 0.3) is 0 Å². The van der Waals surface area contributed by atoms with Crippen molar-refractivity contribution in [2.45, 2.75) is 45.6 Å². The van der Waals surface area contributed by atoms with Gasteiger partial charge in [-0.25, -0.2) is 4.68 Å². The third kappa shape index (κ3) is 2.71. The van der Waals surface area contributed by atoms with E-state index in [1.54, 1.807) is 6.20 Å². The van der Waals surface area contributed by atoms with Crippen molar-refractivity contribution >= 4 is 11.7 Å². The van der Waals surface area contributed by atoms with Crippen LogP contribution in [0.2, 0.25) is 0 Å². The molecular weight excluding hydrogens is 262 g/mol. The van der Waals surface area contributed by atoms with Crippen molar-refractivity contribution in [3.63, 3.8) is 0 Å². The number of benzene rings is 1. The Morgan fingerprint density at radius 2 is 2.00 bits per heavy atom. The zero-order chi connectivity index (χ0) is 14.8. The first kappa shape index (κ1) is 13.9. The molecule has 21 heavy (non-hydrogen) atoms. The summed E-state index contributed by atoms with van der Waals surface area (Å²) in [4.78, 5) is 12.5. The average molecular weight is 283 g/mol. The fourth-order valence-electron chi connectivity index (χ4n) is 3.03. The number of anilines is 1. The Kier molecular flexibility index (Phi) is 3.78. The number of carbonyl (C=O) groups excluding carboxylic acids is 1. The molecule has 1 aromatic heterocycles.